The van der Waals surface area contributed by atoms with Crippen LogP contribution in [0.2, 0.25) is 0 Å². The van der Waals surface area contributed by atoms with E-state index < -0.39 is 0 Å². The Balaban J connectivity index is 1.83. The van der Waals surface area contributed by atoms with Gasteiger partial charge in [0.2, 0.25) is 0 Å². The first-order chi connectivity index (χ1) is 10.2. The van der Waals surface area contributed by atoms with Crippen molar-refractivity contribution in [2.75, 3.05) is 18.4 Å². The fraction of sp³-hybridized carbons (Fsp3) is 0.588. The molecule has 1 fully saturated rings. The fourth-order valence-electron chi connectivity index (χ4n) is 2.88. The molecule has 0 radical (unpaired) electrons. The molecular formula is C17H27N3O. The SMILES string of the molecule is CCNC(=O)c1ccc(NC(C)CC2CCCCN2)cc1. The quantitative estimate of drug-likeness (QED) is 0.755. The molecule has 0 bridgehead atoms. The Bertz CT molecular complexity index is 438. The number of piperidine rings is 1. The maximum absolute atomic E-state index is 11.7. The molecule has 21 heavy (non-hydrogen) atoms. The van der Waals surface area contributed by atoms with Crippen molar-refractivity contribution < 1.29 is 4.79 Å². The second kappa shape index (κ2) is 8.03. The summed E-state index contributed by atoms with van der Waals surface area (Å²) in [5, 5.41) is 9.91. The van der Waals surface area contributed by atoms with Gasteiger partial charge in [0, 0.05) is 29.9 Å². The van der Waals surface area contributed by atoms with Gasteiger partial charge in [0.15, 0.2) is 0 Å². The molecule has 0 aliphatic carbocycles. The van der Waals surface area contributed by atoms with Gasteiger partial charge in [-0.3, -0.25) is 4.79 Å². The summed E-state index contributed by atoms with van der Waals surface area (Å²) in [6.07, 6.45) is 5.06. The van der Waals surface area contributed by atoms with Crippen molar-refractivity contribution in [2.45, 2.75) is 51.6 Å². The number of carbonyl (C=O) groups is 1. The third kappa shape index (κ3) is 5.05. The second-order valence-electron chi connectivity index (χ2n) is 5.86. The lowest BCUT2D eigenvalue weighted by atomic mass is 9.98. The van der Waals surface area contributed by atoms with Crippen LogP contribution in [0.5, 0.6) is 0 Å². The Morgan fingerprint density at radius 2 is 2.10 bits per heavy atom. The van der Waals surface area contributed by atoms with E-state index in [0.717, 1.165) is 18.7 Å². The molecule has 2 unspecified atom stereocenters. The highest BCUT2D eigenvalue weighted by molar-refractivity contribution is 5.94. The summed E-state index contributed by atoms with van der Waals surface area (Å²) in [6, 6.07) is 8.77. The summed E-state index contributed by atoms with van der Waals surface area (Å²) in [5.74, 6) is -0.0106. The number of hydrogen-bond donors (Lipinski definition) is 3. The van der Waals surface area contributed by atoms with E-state index in [2.05, 4.69) is 22.9 Å². The summed E-state index contributed by atoms with van der Waals surface area (Å²) >= 11 is 0. The fourth-order valence-corrected chi connectivity index (χ4v) is 2.88. The molecule has 0 spiro atoms. The Kier molecular flexibility index (Phi) is 6.05. The van der Waals surface area contributed by atoms with Crippen LogP contribution in [0.3, 0.4) is 0 Å². The van der Waals surface area contributed by atoms with Crippen LogP contribution in [0.15, 0.2) is 24.3 Å². The zero-order chi connectivity index (χ0) is 15.1. The van der Waals surface area contributed by atoms with Crippen molar-refractivity contribution in [3.05, 3.63) is 29.8 Å². The molecule has 0 saturated carbocycles. The Morgan fingerprint density at radius 1 is 1.33 bits per heavy atom. The van der Waals surface area contributed by atoms with Crippen LogP contribution < -0.4 is 16.0 Å². The molecule has 116 valence electrons. The van der Waals surface area contributed by atoms with Crippen molar-refractivity contribution in [3.8, 4) is 0 Å². The van der Waals surface area contributed by atoms with Crippen LogP contribution >= 0.6 is 0 Å². The number of hydrogen-bond acceptors (Lipinski definition) is 3. The topological polar surface area (TPSA) is 53.2 Å². The number of nitrogens with one attached hydrogen (secondary N) is 3. The highest BCUT2D eigenvalue weighted by atomic mass is 16.1. The Hall–Kier alpha value is -1.55. The number of carbonyl (C=O) groups excluding carboxylic acids is 1. The van der Waals surface area contributed by atoms with Gasteiger partial charge in [-0.2, -0.15) is 0 Å². The molecule has 1 aromatic carbocycles. The van der Waals surface area contributed by atoms with Crippen molar-refractivity contribution in [1.82, 2.24) is 10.6 Å². The first-order valence-corrected chi connectivity index (χ1v) is 8.07. The first-order valence-electron chi connectivity index (χ1n) is 8.07. The largest absolute Gasteiger partial charge is 0.383 e. The molecule has 1 aliphatic heterocycles. The van der Waals surface area contributed by atoms with E-state index in [0.29, 0.717) is 24.2 Å². The predicted molar refractivity (Wildman–Crippen MR) is 87.8 cm³/mol. The van der Waals surface area contributed by atoms with Gasteiger partial charge in [0.05, 0.1) is 0 Å². The van der Waals surface area contributed by atoms with E-state index in [1.54, 1.807) is 0 Å². The molecule has 4 heteroatoms. The first kappa shape index (κ1) is 15.8. The van der Waals surface area contributed by atoms with Gasteiger partial charge in [-0.05, 0) is 63.9 Å². The smallest absolute Gasteiger partial charge is 0.251 e. The van der Waals surface area contributed by atoms with Crippen LogP contribution in [-0.4, -0.2) is 31.1 Å². The van der Waals surface area contributed by atoms with Crippen LogP contribution in [0.1, 0.15) is 49.9 Å². The monoisotopic (exact) mass is 289 g/mol. The molecule has 0 aromatic heterocycles. The molecule has 1 heterocycles. The lowest BCUT2D eigenvalue weighted by Gasteiger charge is -2.27. The summed E-state index contributed by atoms with van der Waals surface area (Å²) in [4.78, 5) is 11.7. The van der Waals surface area contributed by atoms with Crippen LogP contribution in [0.4, 0.5) is 5.69 Å². The molecule has 2 rings (SSSR count). The minimum atomic E-state index is -0.0106. The van der Waals surface area contributed by atoms with E-state index in [9.17, 15) is 4.79 Å². The molecule has 1 aromatic rings. The number of anilines is 1. The predicted octanol–water partition coefficient (Wildman–Crippen LogP) is 2.77. The lowest BCUT2D eigenvalue weighted by Crippen LogP contribution is -2.37. The normalized spacial score (nSPS) is 19.8. The summed E-state index contributed by atoms with van der Waals surface area (Å²) in [5.41, 5.74) is 1.79. The molecule has 1 aliphatic rings. The van der Waals surface area contributed by atoms with Gasteiger partial charge >= 0.3 is 0 Å². The molecule has 1 saturated heterocycles. The Labute approximate surface area is 127 Å². The lowest BCUT2D eigenvalue weighted by molar-refractivity contribution is 0.0956. The standard InChI is InChI=1S/C17H27N3O/c1-3-18-17(21)14-7-9-15(10-8-14)20-13(2)12-16-6-4-5-11-19-16/h7-10,13,16,19-20H,3-6,11-12H2,1-2H3,(H,18,21). The highest BCUT2D eigenvalue weighted by Crippen LogP contribution is 2.16. The summed E-state index contributed by atoms with van der Waals surface area (Å²) < 4.78 is 0. The number of amides is 1. The third-order valence-corrected chi connectivity index (χ3v) is 3.95. The molecular weight excluding hydrogens is 262 g/mol. The highest BCUT2D eigenvalue weighted by Gasteiger charge is 2.15. The van der Waals surface area contributed by atoms with Gasteiger partial charge in [0.25, 0.3) is 5.91 Å². The average molecular weight is 289 g/mol. The van der Waals surface area contributed by atoms with Crippen molar-refractivity contribution in [2.24, 2.45) is 0 Å². The molecule has 4 nitrogen and oxygen atoms in total. The van der Waals surface area contributed by atoms with E-state index in [-0.39, 0.29) is 5.91 Å². The van der Waals surface area contributed by atoms with Gasteiger partial charge in [-0.15, -0.1) is 0 Å². The van der Waals surface area contributed by atoms with Crippen LogP contribution in [-0.2, 0) is 0 Å². The van der Waals surface area contributed by atoms with Crippen molar-refractivity contribution >= 4 is 11.6 Å². The van der Waals surface area contributed by atoms with E-state index in [4.69, 9.17) is 0 Å². The van der Waals surface area contributed by atoms with Gasteiger partial charge in [-0.1, -0.05) is 6.42 Å². The van der Waals surface area contributed by atoms with Gasteiger partial charge in [0.1, 0.15) is 0 Å². The third-order valence-electron chi connectivity index (χ3n) is 3.95. The van der Waals surface area contributed by atoms with Crippen LogP contribution in [0, 0.1) is 0 Å². The maximum Gasteiger partial charge on any atom is 0.251 e. The summed E-state index contributed by atoms with van der Waals surface area (Å²) in [6.45, 7) is 5.95. The van der Waals surface area contributed by atoms with E-state index in [1.165, 1.54) is 19.3 Å². The average Bonchev–Trinajstić information content (AvgIpc) is 2.49. The Morgan fingerprint density at radius 3 is 2.71 bits per heavy atom. The van der Waals surface area contributed by atoms with E-state index >= 15 is 0 Å². The van der Waals surface area contributed by atoms with Crippen molar-refractivity contribution in [3.63, 3.8) is 0 Å². The molecule has 3 N–H and O–H groups in total. The minimum Gasteiger partial charge on any atom is -0.383 e. The number of benzene rings is 1. The number of rotatable bonds is 6. The molecule has 1 amide bonds. The van der Waals surface area contributed by atoms with Crippen molar-refractivity contribution in [1.29, 1.82) is 0 Å². The second-order valence-corrected chi connectivity index (χ2v) is 5.86. The summed E-state index contributed by atoms with van der Waals surface area (Å²) in [7, 11) is 0. The van der Waals surface area contributed by atoms with Crippen LogP contribution in [0.25, 0.3) is 0 Å². The van der Waals surface area contributed by atoms with Gasteiger partial charge < -0.3 is 16.0 Å². The van der Waals surface area contributed by atoms with E-state index in [1.807, 2.05) is 31.2 Å². The molecule has 2 atom stereocenters. The minimum absolute atomic E-state index is 0.0106. The zero-order valence-electron chi connectivity index (χ0n) is 13.1. The zero-order valence-corrected chi connectivity index (χ0v) is 13.1. The van der Waals surface area contributed by atoms with Gasteiger partial charge in [-0.25, -0.2) is 0 Å². The maximum atomic E-state index is 11.7.